The van der Waals surface area contributed by atoms with Crippen LogP contribution < -0.4 is 0 Å². The number of nitro groups is 1. The Morgan fingerprint density at radius 1 is 1.44 bits per heavy atom. The third kappa shape index (κ3) is 3.20. The molecule has 6 heteroatoms. The van der Waals surface area contributed by atoms with E-state index in [1.807, 2.05) is 13.8 Å². The summed E-state index contributed by atoms with van der Waals surface area (Å²) in [7, 11) is 0. The van der Waals surface area contributed by atoms with Crippen LogP contribution in [0.3, 0.4) is 0 Å². The van der Waals surface area contributed by atoms with Crippen molar-refractivity contribution >= 4 is 23.2 Å². The Morgan fingerprint density at radius 3 is 2.56 bits per heavy atom. The summed E-state index contributed by atoms with van der Waals surface area (Å²) in [6.45, 7) is 4.06. The maximum absolute atomic E-state index is 12.3. The summed E-state index contributed by atoms with van der Waals surface area (Å²) in [4.78, 5) is 24.1. The molecule has 0 aliphatic rings. The average molecular weight is 271 g/mol. The third-order valence-corrected chi connectivity index (χ3v) is 2.71. The van der Waals surface area contributed by atoms with Crippen molar-refractivity contribution in [2.45, 2.75) is 19.9 Å². The van der Waals surface area contributed by atoms with Crippen LogP contribution in [0.4, 0.5) is 5.69 Å². The molecule has 0 spiro atoms. The van der Waals surface area contributed by atoms with Gasteiger partial charge in [0, 0.05) is 24.5 Å². The second-order valence-electron chi connectivity index (χ2n) is 4.06. The number of nitro benzene ring substituents is 1. The minimum Gasteiger partial charge on any atom is -0.335 e. The predicted octanol–water partition coefficient (Wildman–Crippen LogP) is 2.68. The van der Waals surface area contributed by atoms with E-state index >= 15 is 0 Å². The lowest BCUT2D eigenvalue weighted by molar-refractivity contribution is -0.385. The highest BCUT2D eigenvalue weighted by Gasteiger charge is 2.25. The average Bonchev–Trinajstić information content (AvgIpc) is 2.34. The van der Waals surface area contributed by atoms with Crippen molar-refractivity contribution in [2.75, 3.05) is 12.4 Å². The number of amides is 1. The Hall–Kier alpha value is -1.62. The molecule has 0 N–H and O–H groups in total. The van der Waals surface area contributed by atoms with Gasteiger partial charge < -0.3 is 4.90 Å². The number of halogens is 1. The fraction of sp³-hybridized carbons (Fsp3) is 0.417. The van der Waals surface area contributed by atoms with Gasteiger partial charge in [0.1, 0.15) is 5.56 Å². The fourth-order valence-corrected chi connectivity index (χ4v) is 1.84. The molecule has 0 radical (unpaired) electrons. The molecule has 0 atom stereocenters. The van der Waals surface area contributed by atoms with E-state index in [2.05, 4.69) is 0 Å². The lowest BCUT2D eigenvalue weighted by Gasteiger charge is -2.25. The number of alkyl halides is 1. The predicted molar refractivity (Wildman–Crippen MR) is 70.0 cm³/mol. The summed E-state index contributed by atoms with van der Waals surface area (Å²) in [5, 5.41) is 10.9. The summed E-state index contributed by atoms with van der Waals surface area (Å²) in [6.07, 6.45) is 0. The van der Waals surface area contributed by atoms with Gasteiger partial charge in [0.15, 0.2) is 0 Å². The molecule has 98 valence electrons. The number of nitrogens with zero attached hydrogens (tertiary/aromatic N) is 2. The van der Waals surface area contributed by atoms with Crippen LogP contribution in [0, 0.1) is 10.1 Å². The minimum atomic E-state index is -0.549. The van der Waals surface area contributed by atoms with Crippen LogP contribution in [-0.2, 0) is 0 Å². The zero-order chi connectivity index (χ0) is 13.7. The molecule has 1 aromatic carbocycles. The van der Waals surface area contributed by atoms with E-state index in [0.717, 1.165) is 0 Å². The Labute approximate surface area is 110 Å². The molecule has 0 aliphatic heterocycles. The zero-order valence-corrected chi connectivity index (χ0v) is 11.1. The molecule has 18 heavy (non-hydrogen) atoms. The summed E-state index contributed by atoms with van der Waals surface area (Å²) < 4.78 is 0. The van der Waals surface area contributed by atoms with Gasteiger partial charge in [0.05, 0.1) is 4.92 Å². The van der Waals surface area contributed by atoms with Crippen molar-refractivity contribution in [1.29, 1.82) is 0 Å². The third-order valence-electron chi connectivity index (χ3n) is 2.54. The highest BCUT2D eigenvalue weighted by atomic mass is 35.5. The number of carbonyl (C=O) groups excluding carboxylic acids is 1. The van der Waals surface area contributed by atoms with Crippen molar-refractivity contribution in [3.05, 3.63) is 39.9 Å². The molecule has 0 saturated carbocycles. The second-order valence-corrected chi connectivity index (χ2v) is 4.43. The highest BCUT2D eigenvalue weighted by molar-refractivity contribution is 6.18. The Morgan fingerprint density at radius 2 is 2.06 bits per heavy atom. The largest absolute Gasteiger partial charge is 0.335 e. The summed E-state index contributed by atoms with van der Waals surface area (Å²) in [6, 6.07) is 5.88. The molecule has 5 nitrogen and oxygen atoms in total. The van der Waals surface area contributed by atoms with Gasteiger partial charge in [-0.25, -0.2) is 0 Å². The number of hydrogen-bond acceptors (Lipinski definition) is 3. The van der Waals surface area contributed by atoms with Crippen molar-refractivity contribution in [1.82, 2.24) is 4.90 Å². The second kappa shape index (κ2) is 6.35. The quantitative estimate of drug-likeness (QED) is 0.469. The molecule has 1 aromatic rings. The van der Waals surface area contributed by atoms with Crippen LogP contribution in [0.25, 0.3) is 0 Å². The van der Waals surface area contributed by atoms with Gasteiger partial charge in [-0.1, -0.05) is 12.1 Å². The molecule has 0 bridgehead atoms. The SMILES string of the molecule is CC(C)N(CCCl)C(=O)c1ccccc1[N+](=O)[O-]. The molecule has 0 unspecified atom stereocenters. The van der Waals surface area contributed by atoms with Crippen molar-refractivity contribution in [3.63, 3.8) is 0 Å². The first-order valence-corrected chi connectivity index (χ1v) is 6.12. The van der Waals surface area contributed by atoms with E-state index in [1.54, 1.807) is 6.07 Å². The molecule has 1 rings (SSSR count). The van der Waals surface area contributed by atoms with E-state index in [-0.39, 0.29) is 23.2 Å². The number of carbonyl (C=O) groups is 1. The van der Waals surface area contributed by atoms with Crippen LogP contribution in [0.1, 0.15) is 24.2 Å². The Kier molecular flexibility index (Phi) is 5.09. The van der Waals surface area contributed by atoms with Crippen LogP contribution >= 0.6 is 11.6 Å². The van der Waals surface area contributed by atoms with E-state index in [1.165, 1.54) is 23.1 Å². The van der Waals surface area contributed by atoms with E-state index < -0.39 is 4.92 Å². The fourth-order valence-electron chi connectivity index (χ4n) is 1.65. The highest BCUT2D eigenvalue weighted by Crippen LogP contribution is 2.20. The summed E-state index contributed by atoms with van der Waals surface area (Å²) >= 11 is 5.65. The van der Waals surface area contributed by atoms with Crippen LogP contribution in [0.2, 0.25) is 0 Å². The molecule has 1 amide bonds. The smallest absolute Gasteiger partial charge is 0.282 e. The van der Waals surface area contributed by atoms with Crippen LogP contribution in [-0.4, -0.2) is 34.2 Å². The Balaban J connectivity index is 3.12. The van der Waals surface area contributed by atoms with Gasteiger partial charge in [-0.2, -0.15) is 0 Å². The van der Waals surface area contributed by atoms with E-state index in [9.17, 15) is 14.9 Å². The normalized spacial score (nSPS) is 10.4. The van der Waals surface area contributed by atoms with Gasteiger partial charge in [-0.3, -0.25) is 14.9 Å². The van der Waals surface area contributed by atoms with Crippen molar-refractivity contribution in [2.24, 2.45) is 0 Å². The molecular formula is C12H15ClN2O3. The molecule has 0 heterocycles. The molecule has 0 aromatic heterocycles. The van der Waals surface area contributed by atoms with Gasteiger partial charge in [-0.05, 0) is 19.9 Å². The van der Waals surface area contributed by atoms with E-state index in [4.69, 9.17) is 11.6 Å². The van der Waals surface area contributed by atoms with Crippen LogP contribution in [0.5, 0.6) is 0 Å². The summed E-state index contributed by atoms with van der Waals surface area (Å²) in [5.74, 6) is -0.0668. The van der Waals surface area contributed by atoms with E-state index in [0.29, 0.717) is 12.4 Å². The number of hydrogen-bond donors (Lipinski definition) is 0. The van der Waals surface area contributed by atoms with Gasteiger partial charge in [0.2, 0.25) is 0 Å². The molecule has 0 saturated heterocycles. The van der Waals surface area contributed by atoms with Crippen LogP contribution in [0.15, 0.2) is 24.3 Å². The standard InChI is InChI=1S/C12H15ClN2O3/c1-9(2)14(8-7-13)12(16)10-5-3-4-6-11(10)15(17)18/h3-6,9H,7-8H2,1-2H3. The molecule has 0 fully saturated rings. The van der Waals surface area contributed by atoms with Gasteiger partial charge >= 0.3 is 0 Å². The first kappa shape index (κ1) is 14.4. The zero-order valence-electron chi connectivity index (χ0n) is 10.3. The monoisotopic (exact) mass is 270 g/mol. The number of para-hydroxylation sites is 1. The molecule has 0 aliphatic carbocycles. The number of rotatable bonds is 5. The lowest BCUT2D eigenvalue weighted by Crippen LogP contribution is -2.38. The maximum Gasteiger partial charge on any atom is 0.282 e. The number of benzene rings is 1. The first-order chi connectivity index (χ1) is 8.49. The Bertz CT molecular complexity index is 449. The van der Waals surface area contributed by atoms with Crippen molar-refractivity contribution in [3.8, 4) is 0 Å². The van der Waals surface area contributed by atoms with Crippen molar-refractivity contribution < 1.29 is 9.72 Å². The minimum absolute atomic E-state index is 0.0592. The van der Waals surface area contributed by atoms with Gasteiger partial charge in [-0.15, -0.1) is 11.6 Å². The molecular weight excluding hydrogens is 256 g/mol. The maximum atomic E-state index is 12.3. The summed E-state index contributed by atoms with van der Waals surface area (Å²) in [5.41, 5.74) is -0.0796. The first-order valence-electron chi connectivity index (χ1n) is 5.59. The van der Waals surface area contributed by atoms with Gasteiger partial charge in [0.25, 0.3) is 11.6 Å². The topological polar surface area (TPSA) is 63.5 Å². The lowest BCUT2D eigenvalue weighted by atomic mass is 10.1.